The Morgan fingerprint density at radius 3 is 2.68 bits per heavy atom. The number of hydrogen-bond acceptors (Lipinski definition) is 3. The fraction of sp³-hybridized carbons (Fsp3) is 0.0952. The molecule has 2 aromatic heterocycles. The fourth-order valence-corrected chi connectivity index (χ4v) is 3.04. The van der Waals surface area contributed by atoms with E-state index in [1.807, 2.05) is 24.3 Å². The van der Waals surface area contributed by atoms with Gasteiger partial charge in [-0.2, -0.15) is 13.2 Å². The van der Waals surface area contributed by atoms with Crippen molar-refractivity contribution in [2.45, 2.75) is 12.7 Å². The minimum Gasteiger partial charge on any atom is -0.348 e. The molecule has 0 bridgehead atoms. The van der Waals surface area contributed by atoms with E-state index in [4.69, 9.17) is 0 Å². The van der Waals surface area contributed by atoms with Crippen LogP contribution in [0.5, 0.6) is 0 Å². The molecular weight excluding hydrogens is 367 g/mol. The summed E-state index contributed by atoms with van der Waals surface area (Å²) in [6, 6.07) is 12.4. The number of carbonyl (C=O) groups is 1. The summed E-state index contributed by atoms with van der Waals surface area (Å²) in [4.78, 5) is 20.6. The molecule has 28 heavy (non-hydrogen) atoms. The number of nitrogens with zero attached hydrogens (tertiary/aromatic N) is 2. The number of rotatable bonds is 3. The van der Waals surface area contributed by atoms with Gasteiger partial charge >= 0.3 is 6.18 Å². The molecule has 0 radical (unpaired) electrons. The molecule has 0 atom stereocenters. The van der Waals surface area contributed by atoms with Crippen LogP contribution >= 0.6 is 0 Å². The van der Waals surface area contributed by atoms with Crippen molar-refractivity contribution in [2.75, 3.05) is 0 Å². The monoisotopic (exact) mass is 381 g/mol. The van der Waals surface area contributed by atoms with E-state index in [1.54, 1.807) is 12.4 Å². The van der Waals surface area contributed by atoms with Crippen molar-refractivity contribution in [2.24, 2.45) is 0 Å². The Hall–Kier alpha value is -3.48. The van der Waals surface area contributed by atoms with Crippen LogP contribution in [0.4, 0.5) is 13.2 Å². The Kier molecular flexibility index (Phi) is 4.43. The van der Waals surface area contributed by atoms with Crippen LogP contribution in [0.3, 0.4) is 0 Å². The number of pyridine rings is 2. The molecular formula is C21H14F3N3O. The molecule has 0 fully saturated rings. The molecule has 0 unspecified atom stereocenters. The zero-order valence-corrected chi connectivity index (χ0v) is 14.5. The third-order valence-corrected chi connectivity index (χ3v) is 4.48. The second-order valence-corrected chi connectivity index (χ2v) is 6.33. The van der Waals surface area contributed by atoms with Gasteiger partial charge < -0.3 is 5.32 Å². The second kappa shape index (κ2) is 6.92. The standard InChI is InChI=1S/C21H14F3N3O/c22-21(23,24)17-5-4-13-8-16(12-26-19(13)9-17)20(28)27-11-15-3-1-2-14-10-25-7-6-18(14)15/h1-10,12H,11H2,(H,27,28). The summed E-state index contributed by atoms with van der Waals surface area (Å²) in [6.45, 7) is 0.311. The number of alkyl halides is 3. The van der Waals surface area contributed by atoms with Crippen LogP contribution < -0.4 is 5.32 Å². The molecule has 4 nitrogen and oxygen atoms in total. The van der Waals surface area contributed by atoms with E-state index in [0.717, 1.165) is 28.5 Å². The van der Waals surface area contributed by atoms with Crippen molar-refractivity contribution in [1.82, 2.24) is 15.3 Å². The van der Waals surface area contributed by atoms with E-state index >= 15 is 0 Å². The number of hydrogen-bond donors (Lipinski definition) is 1. The van der Waals surface area contributed by atoms with Crippen LogP contribution in [0.2, 0.25) is 0 Å². The third-order valence-electron chi connectivity index (χ3n) is 4.48. The van der Waals surface area contributed by atoms with Gasteiger partial charge in [0.1, 0.15) is 0 Å². The van der Waals surface area contributed by atoms with Gasteiger partial charge in [-0.25, -0.2) is 0 Å². The van der Waals surface area contributed by atoms with Crippen molar-refractivity contribution in [3.05, 3.63) is 83.8 Å². The molecule has 0 aliphatic heterocycles. The van der Waals surface area contributed by atoms with Gasteiger partial charge in [-0.15, -0.1) is 0 Å². The van der Waals surface area contributed by atoms with Gasteiger partial charge in [0.05, 0.1) is 16.6 Å². The van der Waals surface area contributed by atoms with Gasteiger partial charge in [0.25, 0.3) is 5.91 Å². The highest BCUT2D eigenvalue weighted by Crippen LogP contribution is 2.31. The molecule has 0 saturated carbocycles. The molecule has 1 N–H and O–H groups in total. The first-order valence-corrected chi connectivity index (χ1v) is 8.49. The number of benzene rings is 2. The number of halogens is 3. The van der Waals surface area contributed by atoms with Crippen molar-refractivity contribution in [3.8, 4) is 0 Å². The van der Waals surface area contributed by atoms with Gasteiger partial charge in [0.2, 0.25) is 0 Å². The molecule has 0 aliphatic rings. The molecule has 0 spiro atoms. The minimum atomic E-state index is -4.43. The molecule has 7 heteroatoms. The second-order valence-electron chi connectivity index (χ2n) is 6.33. The Bertz CT molecular complexity index is 1180. The van der Waals surface area contributed by atoms with E-state index in [9.17, 15) is 18.0 Å². The SMILES string of the molecule is O=C(NCc1cccc2cnccc12)c1cnc2cc(C(F)(F)F)ccc2c1. The first kappa shape index (κ1) is 17.9. The number of aromatic nitrogens is 2. The summed E-state index contributed by atoms with van der Waals surface area (Å²) in [5, 5.41) is 5.27. The minimum absolute atomic E-state index is 0.188. The molecule has 2 aromatic carbocycles. The van der Waals surface area contributed by atoms with Crippen molar-refractivity contribution in [3.63, 3.8) is 0 Å². The fourth-order valence-electron chi connectivity index (χ4n) is 3.04. The molecule has 0 aliphatic carbocycles. The Balaban J connectivity index is 1.55. The largest absolute Gasteiger partial charge is 0.416 e. The van der Waals surface area contributed by atoms with Gasteiger partial charge in [-0.3, -0.25) is 14.8 Å². The highest BCUT2D eigenvalue weighted by Gasteiger charge is 2.30. The van der Waals surface area contributed by atoms with Crippen LogP contribution in [-0.2, 0) is 12.7 Å². The zero-order valence-electron chi connectivity index (χ0n) is 14.5. The lowest BCUT2D eigenvalue weighted by Gasteiger charge is -2.10. The molecule has 1 amide bonds. The van der Waals surface area contributed by atoms with Crippen LogP contribution in [0.15, 0.2) is 67.1 Å². The lowest BCUT2D eigenvalue weighted by Crippen LogP contribution is -2.23. The summed E-state index contributed by atoms with van der Waals surface area (Å²) < 4.78 is 38.4. The highest BCUT2D eigenvalue weighted by atomic mass is 19.4. The van der Waals surface area contributed by atoms with Gasteiger partial charge in [-0.05, 0) is 35.2 Å². The van der Waals surface area contributed by atoms with Gasteiger partial charge in [0.15, 0.2) is 0 Å². The lowest BCUT2D eigenvalue weighted by atomic mass is 10.1. The van der Waals surface area contributed by atoms with Gasteiger partial charge in [0, 0.05) is 35.9 Å². The first-order chi connectivity index (χ1) is 13.4. The first-order valence-electron chi connectivity index (χ1n) is 8.49. The number of fused-ring (bicyclic) bond motifs is 2. The van der Waals surface area contributed by atoms with E-state index in [2.05, 4.69) is 15.3 Å². The van der Waals surface area contributed by atoms with Crippen molar-refractivity contribution >= 4 is 27.6 Å². The smallest absolute Gasteiger partial charge is 0.348 e. The average molecular weight is 381 g/mol. The Labute approximate surface area is 158 Å². The van der Waals surface area contributed by atoms with Gasteiger partial charge in [-0.1, -0.05) is 24.3 Å². The summed E-state index contributed by atoms with van der Waals surface area (Å²) in [5.74, 6) is -0.347. The summed E-state index contributed by atoms with van der Waals surface area (Å²) in [7, 11) is 0. The van der Waals surface area contributed by atoms with Crippen molar-refractivity contribution < 1.29 is 18.0 Å². The summed E-state index contributed by atoms with van der Waals surface area (Å²) in [5.41, 5.74) is 0.647. The van der Waals surface area contributed by atoms with Crippen molar-refractivity contribution in [1.29, 1.82) is 0 Å². The molecule has 4 rings (SSSR count). The zero-order chi connectivity index (χ0) is 19.7. The van der Waals surface area contributed by atoms with E-state index in [1.165, 1.54) is 18.3 Å². The van der Waals surface area contributed by atoms with E-state index < -0.39 is 11.7 Å². The Morgan fingerprint density at radius 2 is 1.86 bits per heavy atom. The highest BCUT2D eigenvalue weighted by molar-refractivity contribution is 5.97. The summed E-state index contributed by atoms with van der Waals surface area (Å²) in [6.07, 6.45) is 0.296. The summed E-state index contributed by atoms with van der Waals surface area (Å²) >= 11 is 0. The maximum absolute atomic E-state index is 12.8. The van der Waals surface area contributed by atoms with E-state index in [-0.39, 0.29) is 17.0 Å². The normalized spacial score (nSPS) is 11.7. The average Bonchev–Trinajstić information content (AvgIpc) is 2.70. The third kappa shape index (κ3) is 3.51. The lowest BCUT2D eigenvalue weighted by molar-refractivity contribution is -0.137. The molecule has 2 heterocycles. The number of amides is 1. The topological polar surface area (TPSA) is 54.9 Å². The maximum Gasteiger partial charge on any atom is 0.416 e. The molecule has 0 saturated heterocycles. The molecule has 4 aromatic rings. The number of carbonyl (C=O) groups excluding carboxylic acids is 1. The quantitative estimate of drug-likeness (QED) is 0.558. The van der Waals surface area contributed by atoms with E-state index in [0.29, 0.717) is 11.9 Å². The van der Waals surface area contributed by atoms with Crippen LogP contribution in [0.1, 0.15) is 21.5 Å². The van der Waals surface area contributed by atoms with Crippen LogP contribution in [0.25, 0.3) is 21.7 Å². The van der Waals surface area contributed by atoms with Crippen LogP contribution in [0, 0.1) is 0 Å². The Morgan fingerprint density at radius 1 is 1.00 bits per heavy atom. The predicted octanol–water partition coefficient (Wildman–Crippen LogP) is 4.73. The van der Waals surface area contributed by atoms with Crippen LogP contribution in [-0.4, -0.2) is 15.9 Å². The maximum atomic E-state index is 12.8. The number of nitrogens with one attached hydrogen (secondary N) is 1. The predicted molar refractivity (Wildman–Crippen MR) is 99.7 cm³/mol. The molecule has 140 valence electrons.